The molecule has 128 valence electrons. The number of nitrogens with zero attached hydrogens (tertiary/aromatic N) is 2. The van der Waals surface area contributed by atoms with Gasteiger partial charge in [-0.25, -0.2) is 0 Å². The standard InChI is InChI=1S/C19H22ClIN2O/c1-13-3-8-17(18(21)9-13)19-11-22(2)16(12-24)10-23(19)15-6-4-14(20)5-7-15/h3-9,16,19,24H,10-12H2,1-2H3/t16-,19-/m1/s1. The first-order valence-corrected chi connectivity index (χ1v) is 9.54. The number of aryl methyl sites for hydroxylation is 1. The first-order valence-electron chi connectivity index (χ1n) is 8.09. The number of piperazine rings is 1. The molecule has 3 nitrogen and oxygen atoms in total. The summed E-state index contributed by atoms with van der Waals surface area (Å²) in [6.45, 7) is 3.96. The zero-order valence-electron chi connectivity index (χ0n) is 13.9. The van der Waals surface area contributed by atoms with Gasteiger partial charge in [0, 0.05) is 27.4 Å². The molecule has 1 saturated heterocycles. The molecule has 1 aliphatic rings. The van der Waals surface area contributed by atoms with E-state index in [-0.39, 0.29) is 18.7 Å². The van der Waals surface area contributed by atoms with Gasteiger partial charge in [0.2, 0.25) is 0 Å². The van der Waals surface area contributed by atoms with E-state index < -0.39 is 0 Å². The Morgan fingerprint density at radius 3 is 2.50 bits per heavy atom. The largest absolute Gasteiger partial charge is 0.395 e. The zero-order chi connectivity index (χ0) is 17.3. The van der Waals surface area contributed by atoms with Gasteiger partial charge in [0.05, 0.1) is 18.7 Å². The lowest BCUT2D eigenvalue weighted by Gasteiger charge is -2.46. The van der Waals surface area contributed by atoms with Crippen LogP contribution in [-0.2, 0) is 0 Å². The molecule has 0 saturated carbocycles. The van der Waals surface area contributed by atoms with Crippen LogP contribution in [-0.4, -0.2) is 42.8 Å². The van der Waals surface area contributed by atoms with Gasteiger partial charge in [-0.1, -0.05) is 29.3 Å². The van der Waals surface area contributed by atoms with Crippen molar-refractivity contribution in [1.82, 2.24) is 4.90 Å². The van der Waals surface area contributed by atoms with E-state index in [1.165, 1.54) is 14.7 Å². The highest BCUT2D eigenvalue weighted by Gasteiger charge is 2.33. The monoisotopic (exact) mass is 456 g/mol. The van der Waals surface area contributed by atoms with Crippen molar-refractivity contribution in [2.24, 2.45) is 0 Å². The summed E-state index contributed by atoms with van der Waals surface area (Å²) in [4.78, 5) is 4.65. The van der Waals surface area contributed by atoms with Crippen LogP contribution in [0.5, 0.6) is 0 Å². The van der Waals surface area contributed by atoms with E-state index in [4.69, 9.17) is 11.6 Å². The fraction of sp³-hybridized carbons (Fsp3) is 0.368. The van der Waals surface area contributed by atoms with Crippen molar-refractivity contribution >= 4 is 39.9 Å². The van der Waals surface area contributed by atoms with Gasteiger partial charge < -0.3 is 10.0 Å². The summed E-state index contributed by atoms with van der Waals surface area (Å²) < 4.78 is 1.28. The summed E-state index contributed by atoms with van der Waals surface area (Å²) in [6.07, 6.45) is 0. The lowest BCUT2D eigenvalue weighted by Crippen LogP contribution is -2.54. The quantitative estimate of drug-likeness (QED) is 0.704. The van der Waals surface area contributed by atoms with Gasteiger partial charge in [0.1, 0.15) is 0 Å². The first-order chi connectivity index (χ1) is 11.5. The van der Waals surface area contributed by atoms with Crippen molar-refractivity contribution in [2.75, 3.05) is 31.6 Å². The number of hydrogen-bond donors (Lipinski definition) is 1. The van der Waals surface area contributed by atoms with Gasteiger partial charge >= 0.3 is 0 Å². The zero-order valence-corrected chi connectivity index (χ0v) is 16.8. The van der Waals surface area contributed by atoms with Crippen LogP contribution in [0.2, 0.25) is 5.02 Å². The third-order valence-corrected chi connectivity index (χ3v) is 5.94. The predicted octanol–water partition coefficient (Wildman–Crippen LogP) is 4.11. The maximum Gasteiger partial charge on any atom is 0.0680 e. The minimum Gasteiger partial charge on any atom is -0.395 e. The van der Waals surface area contributed by atoms with E-state index in [0.29, 0.717) is 0 Å². The second kappa shape index (κ2) is 7.60. The van der Waals surface area contributed by atoms with E-state index in [2.05, 4.69) is 76.7 Å². The molecule has 24 heavy (non-hydrogen) atoms. The van der Waals surface area contributed by atoms with Crippen LogP contribution in [0, 0.1) is 10.5 Å². The number of halogens is 2. The summed E-state index contributed by atoms with van der Waals surface area (Å²) in [5.41, 5.74) is 3.75. The lowest BCUT2D eigenvalue weighted by atomic mass is 9.98. The van der Waals surface area contributed by atoms with Crippen molar-refractivity contribution in [1.29, 1.82) is 0 Å². The summed E-state index contributed by atoms with van der Waals surface area (Å²) in [7, 11) is 2.09. The topological polar surface area (TPSA) is 26.7 Å². The maximum absolute atomic E-state index is 9.73. The van der Waals surface area contributed by atoms with Crippen molar-refractivity contribution < 1.29 is 5.11 Å². The van der Waals surface area contributed by atoms with Crippen LogP contribution in [0.1, 0.15) is 17.2 Å². The molecule has 0 bridgehead atoms. The van der Waals surface area contributed by atoms with Crippen LogP contribution in [0.25, 0.3) is 0 Å². The van der Waals surface area contributed by atoms with Gasteiger partial charge in [-0.2, -0.15) is 0 Å². The molecular formula is C19H22ClIN2O. The molecule has 5 heteroatoms. The molecule has 1 fully saturated rings. The van der Waals surface area contributed by atoms with Gasteiger partial charge in [-0.15, -0.1) is 0 Å². The van der Waals surface area contributed by atoms with Gasteiger partial charge in [0.25, 0.3) is 0 Å². The lowest BCUT2D eigenvalue weighted by molar-refractivity contribution is 0.118. The third-order valence-electron chi connectivity index (χ3n) is 4.75. The van der Waals surface area contributed by atoms with Crippen molar-refractivity contribution in [2.45, 2.75) is 19.0 Å². The number of benzene rings is 2. The Kier molecular flexibility index (Phi) is 5.70. The normalized spacial score (nSPS) is 22.0. The molecule has 1 N–H and O–H groups in total. The van der Waals surface area contributed by atoms with Crippen LogP contribution >= 0.6 is 34.2 Å². The molecule has 2 aromatic carbocycles. The molecule has 1 heterocycles. The molecule has 0 unspecified atom stereocenters. The number of rotatable bonds is 3. The molecule has 0 aromatic heterocycles. The Morgan fingerprint density at radius 2 is 1.88 bits per heavy atom. The number of aliphatic hydroxyl groups excluding tert-OH is 1. The van der Waals surface area contributed by atoms with Gasteiger partial charge in [-0.05, 0) is 72.5 Å². The van der Waals surface area contributed by atoms with Gasteiger partial charge in [-0.3, -0.25) is 4.90 Å². The summed E-state index contributed by atoms with van der Waals surface area (Å²) in [6, 6.07) is 15.0. The van der Waals surface area contributed by atoms with Crippen LogP contribution in [0.15, 0.2) is 42.5 Å². The second-order valence-electron chi connectivity index (χ2n) is 6.45. The average Bonchev–Trinajstić information content (AvgIpc) is 2.56. The van der Waals surface area contributed by atoms with E-state index in [9.17, 15) is 5.11 Å². The fourth-order valence-corrected chi connectivity index (χ4v) is 4.45. The highest BCUT2D eigenvalue weighted by Crippen LogP contribution is 2.35. The van der Waals surface area contributed by atoms with Crippen LogP contribution in [0.3, 0.4) is 0 Å². The average molecular weight is 457 g/mol. The molecule has 0 spiro atoms. The first kappa shape index (κ1) is 18.0. The molecule has 1 aliphatic heterocycles. The van der Waals surface area contributed by atoms with Crippen molar-refractivity contribution in [3.63, 3.8) is 0 Å². The second-order valence-corrected chi connectivity index (χ2v) is 8.04. The van der Waals surface area contributed by atoms with Crippen molar-refractivity contribution in [3.8, 4) is 0 Å². The molecule has 0 aliphatic carbocycles. The number of aliphatic hydroxyl groups is 1. The maximum atomic E-state index is 9.73. The van der Waals surface area contributed by atoms with Crippen LogP contribution in [0.4, 0.5) is 5.69 Å². The van der Waals surface area contributed by atoms with E-state index in [1.807, 2.05) is 12.1 Å². The minimum atomic E-state index is 0.139. The Hall–Kier alpha value is -0.820. The highest BCUT2D eigenvalue weighted by molar-refractivity contribution is 14.1. The molecular weight excluding hydrogens is 435 g/mol. The molecule has 0 radical (unpaired) electrons. The molecule has 2 aromatic rings. The van der Waals surface area contributed by atoms with E-state index >= 15 is 0 Å². The summed E-state index contributed by atoms with van der Waals surface area (Å²) in [5.74, 6) is 0. The molecule has 0 amide bonds. The Balaban J connectivity index is 2.00. The smallest absolute Gasteiger partial charge is 0.0680 e. The third kappa shape index (κ3) is 3.72. The number of anilines is 1. The number of hydrogen-bond acceptors (Lipinski definition) is 3. The highest BCUT2D eigenvalue weighted by atomic mass is 127. The van der Waals surface area contributed by atoms with Crippen LogP contribution < -0.4 is 4.90 Å². The van der Waals surface area contributed by atoms with Gasteiger partial charge in [0.15, 0.2) is 0 Å². The molecule has 3 rings (SSSR count). The van der Waals surface area contributed by atoms with E-state index in [1.54, 1.807) is 0 Å². The Bertz CT molecular complexity index is 707. The Morgan fingerprint density at radius 1 is 1.17 bits per heavy atom. The summed E-state index contributed by atoms with van der Waals surface area (Å²) >= 11 is 8.49. The molecule has 2 atom stereocenters. The summed E-state index contributed by atoms with van der Waals surface area (Å²) in [5, 5.41) is 10.5. The Labute approximate surface area is 162 Å². The SMILES string of the molecule is Cc1ccc([C@H]2CN(C)[C@@H](CO)CN2c2ccc(Cl)cc2)c(I)c1. The predicted molar refractivity (Wildman–Crippen MR) is 109 cm³/mol. The number of likely N-dealkylation sites (N-methyl/N-ethyl adjacent to an activating group) is 1. The van der Waals surface area contributed by atoms with Crippen molar-refractivity contribution in [3.05, 3.63) is 62.2 Å². The fourth-order valence-electron chi connectivity index (χ4n) is 3.30. The minimum absolute atomic E-state index is 0.139. The van der Waals surface area contributed by atoms with E-state index in [0.717, 1.165) is 23.8 Å².